The number of carbonyl (C=O) groups is 2. The first kappa shape index (κ1) is 22.9. The van der Waals surface area contributed by atoms with Gasteiger partial charge in [0.2, 0.25) is 5.88 Å². The topological polar surface area (TPSA) is 119 Å². The zero-order chi connectivity index (χ0) is 22.3. The summed E-state index contributed by atoms with van der Waals surface area (Å²) in [6, 6.07) is 5.31. The lowest BCUT2D eigenvalue weighted by Gasteiger charge is -2.08. The summed E-state index contributed by atoms with van der Waals surface area (Å²) in [5.41, 5.74) is 3.10. The number of esters is 1. The lowest BCUT2D eigenvalue weighted by atomic mass is 10.1. The van der Waals surface area contributed by atoms with Crippen molar-refractivity contribution in [1.29, 1.82) is 5.26 Å². The number of rotatable bonds is 9. The standard InChI is InChI=1S/C21H26N4O5/c1-13(2)18-10-20(30-24-18)23-19(26)12-29-21(27)17(11-22)9-16-8-14(3)25(15(16)4)6-7-28-5/h8-10,13H,6-7,12H2,1-5H3,(H,23,26). The molecule has 9 heteroatoms. The molecule has 0 aliphatic heterocycles. The number of methoxy groups -OCH3 is 1. The van der Waals surface area contributed by atoms with Crippen LogP contribution in [0.25, 0.3) is 6.08 Å². The van der Waals surface area contributed by atoms with Gasteiger partial charge in [0.05, 0.1) is 12.3 Å². The molecule has 0 aromatic carbocycles. The third-order valence-corrected chi connectivity index (χ3v) is 4.49. The predicted octanol–water partition coefficient (Wildman–Crippen LogP) is 2.95. The molecule has 1 N–H and O–H groups in total. The Morgan fingerprint density at radius 2 is 2.10 bits per heavy atom. The molecule has 160 valence electrons. The predicted molar refractivity (Wildman–Crippen MR) is 110 cm³/mol. The summed E-state index contributed by atoms with van der Waals surface area (Å²) in [5, 5.41) is 15.6. The SMILES string of the molecule is COCCn1c(C)cc(C=C(C#N)C(=O)OCC(=O)Nc2cc(C(C)C)no2)c1C. The molecule has 9 nitrogen and oxygen atoms in total. The number of hydrogen-bond acceptors (Lipinski definition) is 7. The molecule has 2 aromatic rings. The molecule has 0 unspecified atom stereocenters. The Morgan fingerprint density at radius 3 is 2.70 bits per heavy atom. The van der Waals surface area contributed by atoms with Crippen LogP contribution in [0, 0.1) is 25.2 Å². The van der Waals surface area contributed by atoms with Gasteiger partial charge in [-0.1, -0.05) is 19.0 Å². The number of nitrogens with zero attached hydrogens (tertiary/aromatic N) is 3. The highest BCUT2D eigenvalue weighted by molar-refractivity contribution is 6.00. The van der Waals surface area contributed by atoms with E-state index in [1.807, 2.05) is 44.4 Å². The first-order chi connectivity index (χ1) is 14.3. The number of ether oxygens (including phenoxy) is 2. The Kier molecular flexibility index (Phi) is 7.95. The molecule has 0 aliphatic rings. The second-order valence-corrected chi connectivity index (χ2v) is 7.04. The molecule has 2 heterocycles. The van der Waals surface area contributed by atoms with E-state index in [9.17, 15) is 14.9 Å². The largest absolute Gasteiger partial charge is 0.451 e. The maximum Gasteiger partial charge on any atom is 0.349 e. The van der Waals surface area contributed by atoms with Crippen LogP contribution in [0.2, 0.25) is 0 Å². The molecular formula is C21H26N4O5. The average molecular weight is 414 g/mol. The second-order valence-electron chi connectivity index (χ2n) is 7.04. The molecular weight excluding hydrogens is 388 g/mol. The molecule has 0 fully saturated rings. The summed E-state index contributed by atoms with van der Waals surface area (Å²) in [4.78, 5) is 24.2. The van der Waals surface area contributed by atoms with Crippen LogP contribution in [0.3, 0.4) is 0 Å². The number of carbonyl (C=O) groups excluding carboxylic acids is 2. The van der Waals surface area contributed by atoms with Crippen LogP contribution >= 0.6 is 0 Å². The lowest BCUT2D eigenvalue weighted by Crippen LogP contribution is -2.21. The van der Waals surface area contributed by atoms with E-state index >= 15 is 0 Å². The highest BCUT2D eigenvalue weighted by Gasteiger charge is 2.17. The van der Waals surface area contributed by atoms with E-state index in [1.54, 1.807) is 13.2 Å². The minimum atomic E-state index is -0.880. The maximum absolute atomic E-state index is 12.2. The van der Waals surface area contributed by atoms with Gasteiger partial charge in [-0.05, 0) is 37.5 Å². The molecule has 0 saturated heterocycles. The summed E-state index contributed by atoms with van der Waals surface area (Å²) in [6.07, 6.45) is 1.46. The minimum Gasteiger partial charge on any atom is -0.451 e. The van der Waals surface area contributed by atoms with E-state index in [0.717, 1.165) is 17.0 Å². The fraction of sp³-hybridized carbons (Fsp3) is 0.429. The Labute approximate surface area is 175 Å². The Bertz CT molecular complexity index is 978. The van der Waals surface area contributed by atoms with Crippen LogP contribution in [-0.4, -0.2) is 41.9 Å². The van der Waals surface area contributed by atoms with Gasteiger partial charge in [-0.25, -0.2) is 4.79 Å². The van der Waals surface area contributed by atoms with Gasteiger partial charge in [0.25, 0.3) is 5.91 Å². The lowest BCUT2D eigenvalue weighted by molar-refractivity contribution is -0.142. The molecule has 0 atom stereocenters. The number of nitriles is 1. The molecule has 2 aromatic heterocycles. The summed E-state index contributed by atoms with van der Waals surface area (Å²) < 4.78 is 17.1. The van der Waals surface area contributed by atoms with Crippen LogP contribution in [0.4, 0.5) is 5.88 Å². The van der Waals surface area contributed by atoms with Crippen molar-refractivity contribution < 1.29 is 23.6 Å². The van der Waals surface area contributed by atoms with Gasteiger partial charge in [0, 0.05) is 31.1 Å². The first-order valence-corrected chi connectivity index (χ1v) is 9.47. The van der Waals surface area contributed by atoms with E-state index in [0.29, 0.717) is 18.8 Å². The van der Waals surface area contributed by atoms with Crippen LogP contribution in [0.15, 0.2) is 22.2 Å². The average Bonchev–Trinajstić information content (AvgIpc) is 3.27. The van der Waals surface area contributed by atoms with Gasteiger partial charge in [0.15, 0.2) is 6.61 Å². The molecule has 0 aliphatic carbocycles. The molecule has 0 bridgehead atoms. The van der Waals surface area contributed by atoms with E-state index < -0.39 is 18.5 Å². The van der Waals surface area contributed by atoms with Crippen molar-refractivity contribution in [2.45, 2.75) is 40.2 Å². The van der Waals surface area contributed by atoms with Crippen molar-refractivity contribution in [3.8, 4) is 6.07 Å². The number of aromatic nitrogens is 2. The quantitative estimate of drug-likeness (QED) is 0.380. The van der Waals surface area contributed by atoms with Crippen molar-refractivity contribution in [3.05, 3.63) is 40.4 Å². The van der Waals surface area contributed by atoms with Crippen LogP contribution < -0.4 is 5.32 Å². The number of amides is 1. The van der Waals surface area contributed by atoms with Crippen molar-refractivity contribution >= 4 is 23.8 Å². The number of aryl methyl sites for hydroxylation is 1. The third kappa shape index (κ3) is 5.81. The van der Waals surface area contributed by atoms with Crippen LogP contribution in [-0.2, 0) is 25.6 Å². The van der Waals surface area contributed by atoms with E-state index in [2.05, 4.69) is 10.5 Å². The third-order valence-electron chi connectivity index (χ3n) is 4.49. The van der Waals surface area contributed by atoms with Crippen LogP contribution in [0.1, 0.15) is 42.4 Å². The molecule has 2 rings (SSSR count). The molecule has 30 heavy (non-hydrogen) atoms. The van der Waals surface area contributed by atoms with Crippen molar-refractivity contribution in [1.82, 2.24) is 9.72 Å². The van der Waals surface area contributed by atoms with E-state index in [-0.39, 0.29) is 17.4 Å². The first-order valence-electron chi connectivity index (χ1n) is 9.47. The van der Waals surface area contributed by atoms with E-state index in [1.165, 1.54) is 6.08 Å². The Balaban J connectivity index is 2.00. The summed E-state index contributed by atoms with van der Waals surface area (Å²) in [7, 11) is 1.63. The summed E-state index contributed by atoms with van der Waals surface area (Å²) in [6.45, 7) is 8.36. The van der Waals surface area contributed by atoms with Crippen molar-refractivity contribution in [2.24, 2.45) is 0 Å². The highest BCUT2D eigenvalue weighted by atomic mass is 16.5. The fourth-order valence-electron chi connectivity index (χ4n) is 2.80. The monoisotopic (exact) mass is 414 g/mol. The number of hydrogen-bond donors (Lipinski definition) is 1. The Hall–Kier alpha value is -3.38. The van der Waals surface area contributed by atoms with Gasteiger partial charge in [-0.3, -0.25) is 10.1 Å². The summed E-state index contributed by atoms with van der Waals surface area (Å²) >= 11 is 0. The second kappa shape index (κ2) is 10.4. The van der Waals surface area contributed by atoms with Crippen LogP contribution in [0.5, 0.6) is 0 Å². The number of anilines is 1. The maximum atomic E-state index is 12.2. The van der Waals surface area contributed by atoms with Crippen molar-refractivity contribution in [2.75, 3.05) is 25.6 Å². The molecule has 0 radical (unpaired) electrons. The van der Waals surface area contributed by atoms with Gasteiger partial charge >= 0.3 is 5.97 Å². The smallest absolute Gasteiger partial charge is 0.349 e. The molecule has 0 spiro atoms. The minimum absolute atomic E-state index is 0.150. The zero-order valence-electron chi connectivity index (χ0n) is 17.8. The normalized spacial score (nSPS) is 11.4. The number of nitrogens with one attached hydrogen (secondary N) is 1. The van der Waals surface area contributed by atoms with E-state index in [4.69, 9.17) is 14.0 Å². The Morgan fingerprint density at radius 1 is 1.37 bits per heavy atom. The van der Waals surface area contributed by atoms with Gasteiger partial charge in [-0.15, -0.1) is 0 Å². The fourth-order valence-corrected chi connectivity index (χ4v) is 2.80. The summed E-state index contributed by atoms with van der Waals surface area (Å²) in [5.74, 6) is -1.16. The van der Waals surface area contributed by atoms with Crippen molar-refractivity contribution in [3.63, 3.8) is 0 Å². The van der Waals surface area contributed by atoms with Gasteiger partial charge in [0.1, 0.15) is 11.6 Å². The zero-order valence-corrected chi connectivity index (χ0v) is 17.8. The highest BCUT2D eigenvalue weighted by Crippen LogP contribution is 2.19. The van der Waals surface area contributed by atoms with Gasteiger partial charge in [-0.2, -0.15) is 5.26 Å². The molecule has 0 saturated carbocycles. The molecule has 1 amide bonds. The van der Waals surface area contributed by atoms with Gasteiger partial charge < -0.3 is 18.6 Å².